The lowest BCUT2D eigenvalue weighted by Crippen LogP contribution is -2.66. The first-order valence-electron chi connectivity index (χ1n) is 7.45. The van der Waals surface area contributed by atoms with E-state index in [9.17, 15) is 14.7 Å². The smallest absolute Gasteiger partial charge is 0.353 e. The Morgan fingerprint density at radius 3 is 2.77 bits per heavy atom. The van der Waals surface area contributed by atoms with E-state index in [1.807, 2.05) is 6.92 Å². The molecule has 22 heavy (non-hydrogen) atoms. The highest BCUT2D eigenvalue weighted by Crippen LogP contribution is 2.50. The second-order valence-electron chi connectivity index (χ2n) is 6.82. The summed E-state index contributed by atoms with van der Waals surface area (Å²) in [6.07, 6.45) is -0.523. The summed E-state index contributed by atoms with van der Waals surface area (Å²) in [5, 5.41) is 9.46. The van der Waals surface area contributed by atoms with Gasteiger partial charge in [-0.1, -0.05) is 0 Å². The largest absolute Gasteiger partial charge is 0.477 e. The van der Waals surface area contributed by atoms with Crippen molar-refractivity contribution in [1.29, 1.82) is 0 Å². The maximum Gasteiger partial charge on any atom is 0.353 e. The Labute approximate surface area is 135 Å². The SMILES string of the molecule is C[C@@H](O[Si](C)(C)C)[C@H]1C(=O)N2C(C(=O)O)=C3SCCO[C@@H]3[C@H]12. The van der Waals surface area contributed by atoms with Gasteiger partial charge in [0.15, 0.2) is 8.32 Å². The van der Waals surface area contributed by atoms with Crippen molar-refractivity contribution in [2.24, 2.45) is 5.92 Å². The Bertz CT molecular complexity index is 558. The number of ether oxygens (including phenoxy) is 1. The standard InChI is InChI=1S/C14H21NO5SSi/c1-7(20-22(2,3)4)8-9-11-12(21-6-5-19-11)10(14(17)18)15(9)13(8)16/h7-9,11H,5-6H2,1-4H3,(H,17,18)/t7-,8-,9+,11-/m1/s1. The maximum atomic E-state index is 12.5. The van der Waals surface area contributed by atoms with Gasteiger partial charge in [-0.2, -0.15) is 0 Å². The molecule has 3 rings (SSSR count). The van der Waals surface area contributed by atoms with Crippen LogP contribution in [0.25, 0.3) is 0 Å². The number of carbonyl (C=O) groups is 2. The Morgan fingerprint density at radius 1 is 1.50 bits per heavy atom. The van der Waals surface area contributed by atoms with E-state index in [1.165, 1.54) is 16.7 Å². The van der Waals surface area contributed by atoms with Gasteiger partial charge >= 0.3 is 5.97 Å². The number of rotatable bonds is 4. The van der Waals surface area contributed by atoms with Crippen LogP contribution in [0.1, 0.15) is 6.92 Å². The average Bonchev–Trinajstić information content (AvgIpc) is 2.68. The van der Waals surface area contributed by atoms with Crippen molar-refractivity contribution in [3.05, 3.63) is 10.6 Å². The number of hydrogen-bond acceptors (Lipinski definition) is 5. The van der Waals surface area contributed by atoms with Crippen LogP contribution in [0, 0.1) is 5.92 Å². The maximum absolute atomic E-state index is 12.5. The van der Waals surface area contributed by atoms with Gasteiger partial charge in [0, 0.05) is 10.7 Å². The van der Waals surface area contributed by atoms with Gasteiger partial charge in [-0.25, -0.2) is 4.79 Å². The van der Waals surface area contributed by atoms with Crippen LogP contribution in [0.15, 0.2) is 10.6 Å². The van der Waals surface area contributed by atoms with E-state index in [0.717, 1.165) is 5.75 Å². The number of carboxylic acid groups (broad SMARTS) is 1. The van der Waals surface area contributed by atoms with Crippen molar-refractivity contribution in [2.45, 2.75) is 44.8 Å². The molecule has 6 nitrogen and oxygen atoms in total. The normalized spacial score (nSPS) is 32.5. The van der Waals surface area contributed by atoms with Gasteiger partial charge in [-0.3, -0.25) is 9.69 Å². The molecular weight excluding hydrogens is 322 g/mol. The monoisotopic (exact) mass is 343 g/mol. The summed E-state index contributed by atoms with van der Waals surface area (Å²) in [4.78, 5) is 26.2. The quantitative estimate of drug-likeness (QED) is 0.616. The first kappa shape index (κ1) is 16.0. The van der Waals surface area contributed by atoms with Crippen LogP contribution in [0.2, 0.25) is 19.6 Å². The highest BCUT2D eigenvalue weighted by molar-refractivity contribution is 8.03. The molecule has 3 aliphatic rings. The van der Waals surface area contributed by atoms with Crippen molar-refractivity contribution in [2.75, 3.05) is 12.4 Å². The van der Waals surface area contributed by atoms with Crippen molar-refractivity contribution >= 4 is 32.0 Å². The lowest BCUT2D eigenvalue weighted by Gasteiger charge is -2.48. The van der Waals surface area contributed by atoms with Crippen LogP contribution in [0.4, 0.5) is 0 Å². The van der Waals surface area contributed by atoms with Gasteiger partial charge < -0.3 is 14.3 Å². The van der Waals surface area contributed by atoms with Gasteiger partial charge in [0.1, 0.15) is 11.8 Å². The molecule has 4 atom stereocenters. The summed E-state index contributed by atoms with van der Waals surface area (Å²) in [5.41, 5.74) is 0.112. The molecule has 2 fully saturated rings. The van der Waals surface area contributed by atoms with E-state index in [-0.39, 0.29) is 35.8 Å². The van der Waals surface area contributed by atoms with E-state index in [0.29, 0.717) is 11.5 Å². The predicted molar refractivity (Wildman–Crippen MR) is 84.9 cm³/mol. The molecule has 0 unspecified atom stereocenters. The van der Waals surface area contributed by atoms with E-state index >= 15 is 0 Å². The van der Waals surface area contributed by atoms with Gasteiger partial charge in [0.25, 0.3) is 0 Å². The van der Waals surface area contributed by atoms with E-state index in [4.69, 9.17) is 9.16 Å². The molecule has 3 heterocycles. The Morgan fingerprint density at radius 2 is 2.18 bits per heavy atom. The topological polar surface area (TPSA) is 76.1 Å². The van der Waals surface area contributed by atoms with Crippen LogP contribution in [-0.2, 0) is 18.8 Å². The van der Waals surface area contributed by atoms with E-state index < -0.39 is 14.3 Å². The zero-order chi connectivity index (χ0) is 16.2. The van der Waals surface area contributed by atoms with Crippen LogP contribution >= 0.6 is 11.8 Å². The molecular formula is C14H21NO5SSi. The fraction of sp³-hybridized carbons (Fsp3) is 0.714. The lowest BCUT2D eigenvalue weighted by molar-refractivity contribution is -0.166. The zero-order valence-electron chi connectivity index (χ0n) is 13.2. The third-order valence-corrected chi connectivity index (χ3v) is 6.30. The van der Waals surface area contributed by atoms with Gasteiger partial charge in [0.2, 0.25) is 5.91 Å². The van der Waals surface area contributed by atoms with Crippen molar-refractivity contribution < 1.29 is 23.9 Å². The number of carboxylic acids is 1. The molecule has 122 valence electrons. The number of amides is 1. The molecule has 8 heteroatoms. The minimum Gasteiger partial charge on any atom is -0.477 e. The molecule has 1 amide bonds. The lowest BCUT2D eigenvalue weighted by atomic mass is 9.82. The molecule has 0 aliphatic carbocycles. The molecule has 2 saturated heterocycles. The molecule has 0 aromatic rings. The number of fused-ring (bicyclic) bond motifs is 3. The summed E-state index contributed by atoms with van der Waals surface area (Å²) >= 11 is 1.49. The van der Waals surface area contributed by atoms with E-state index in [2.05, 4.69) is 19.6 Å². The van der Waals surface area contributed by atoms with Crippen molar-refractivity contribution in [3.63, 3.8) is 0 Å². The Balaban J connectivity index is 1.87. The Kier molecular flexibility index (Phi) is 3.91. The second-order valence-corrected chi connectivity index (χ2v) is 12.4. The third-order valence-electron chi connectivity index (χ3n) is 4.12. The molecule has 1 N–H and O–H groups in total. The fourth-order valence-corrected chi connectivity index (χ4v) is 5.85. The fourth-order valence-electron chi connectivity index (χ4n) is 3.49. The van der Waals surface area contributed by atoms with E-state index in [1.54, 1.807) is 0 Å². The summed E-state index contributed by atoms with van der Waals surface area (Å²) in [7, 11) is -1.77. The predicted octanol–water partition coefficient (Wildman–Crippen LogP) is 1.50. The molecule has 0 aromatic carbocycles. The summed E-state index contributed by atoms with van der Waals surface area (Å²) in [6, 6.07) is -0.229. The van der Waals surface area contributed by atoms with Crippen LogP contribution in [-0.4, -0.2) is 60.8 Å². The number of hydrogen-bond donors (Lipinski definition) is 1. The number of nitrogens with zero attached hydrogens (tertiary/aromatic N) is 1. The number of thioether (sulfide) groups is 1. The van der Waals surface area contributed by atoms with Crippen LogP contribution < -0.4 is 0 Å². The molecule has 0 saturated carbocycles. The number of β-lactam (4-membered cyclic amide) rings is 1. The van der Waals surface area contributed by atoms with Gasteiger partial charge in [-0.15, -0.1) is 11.8 Å². The van der Waals surface area contributed by atoms with Crippen molar-refractivity contribution in [3.8, 4) is 0 Å². The molecule has 0 spiro atoms. The van der Waals surface area contributed by atoms with Crippen LogP contribution in [0.3, 0.4) is 0 Å². The molecule has 0 bridgehead atoms. The highest BCUT2D eigenvalue weighted by atomic mass is 32.2. The molecule has 0 radical (unpaired) electrons. The third kappa shape index (κ3) is 2.42. The summed E-state index contributed by atoms with van der Waals surface area (Å²) < 4.78 is 11.9. The average molecular weight is 343 g/mol. The minimum absolute atomic E-state index is 0.112. The summed E-state index contributed by atoms with van der Waals surface area (Å²) in [5.74, 6) is -0.796. The minimum atomic E-state index is -1.77. The van der Waals surface area contributed by atoms with Crippen LogP contribution in [0.5, 0.6) is 0 Å². The first-order chi connectivity index (χ1) is 10.2. The summed E-state index contributed by atoms with van der Waals surface area (Å²) in [6.45, 7) is 8.74. The van der Waals surface area contributed by atoms with Gasteiger partial charge in [-0.05, 0) is 26.6 Å². The number of carbonyl (C=O) groups excluding carboxylic acids is 1. The second kappa shape index (κ2) is 5.36. The van der Waals surface area contributed by atoms with Crippen molar-refractivity contribution in [1.82, 2.24) is 4.90 Å². The number of aliphatic carboxylic acids is 1. The molecule has 0 aromatic heterocycles. The highest BCUT2D eigenvalue weighted by Gasteiger charge is 2.63. The van der Waals surface area contributed by atoms with Gasteiger partial charge in [0.05, 0.1) is 24.7 Å². The molecule has 3 aliphatic heterocycles. The Hall–Kier alpha value is -0.833. The zero-order valence-corrected chi connectivity index (χ0v) is 15.0. The first-order valence-corrected chi connectivity index (χ1v) is 11.8.